The van der Waals surface area contributed by atoms with E-state index in [0.717, 1.165) is 4.90 Å². The summed E-state index contributed by atoms with van der Waals surface area (Å²) in [7, 11) is 1.47. The Morgan fingerprint density at radius 2 is 2.00 bits per heavy atom. The summed E-state index contributed by atoms with van der Waals surface area (Å²) in [5.41, 5.74) is 8.05. The minimum Gasteiger partial charge on any atom is -0.479 e. The number of ether oxygens (including phenoxy) is 2. The largest absolute Gasteiger partial charge is 0.479 e. The molecule has 0 spiro atoms. The molecule has 0 saturated carbocycles. The summed E-state index contributed by atoms with van der Waals surface area (Å²) >= 11 is 0. The van der Waals surface area contributed by atoms with Crippen LogP contribution in [0.25, 0.3) is 11.3 Å². The van der Waals surface area contributed by atoms with Crippen LogP contribution in [0, 0.1) is 0 Å². The van der Waals surface area contributed by atoms with Crippen LogP contribution < -0.4 is 10.5 Å². The Morgan fingerprint density at radius 1 is 1.27 bits per heavy atom. The van der Waals surface area contributed by atoms with Gasteiger partial charge in [-0.05, 0) is 38.5 Å². The number of methoxy groups -OCH3 is 1. The molecule has 1 aliphatic heterocycles. The van der Waals surface area contributed by atoms with Gasteiger partial charge in [-0.25, -0.2) is 14.7 Å². The molecule has 3 rings (SSSR count). The van der Waals surface area contributed by atoms with Crippen molar-refractivity contribution >= 4 is 17.7 Å². The average molecular weight is 356 g/mol. The molecule has 2 amide bonds. The molecule has 2 heterocycles. The standard InChI is InChI=1S/C18H20N4O4/c1-18(2,3)26-17(24)22-8-11-7-10(5-6-12(11)16(22)23)14-13(19)15(25-4)21-9-20-14/h5-7,9H,8,19H2,1-4H3. The first kappa shape index (κ1) is 17.7. The second kappa shape index (κ2) is 6.29. The highest BCUT2D eigenvalue weighted by molar-refractivity contribution is 6.06. The lowest BCUT2D eigenvalue weighted by atomic mass is 10.0. The van der Waals surface area contributed by atoms with Crippen LogP contribution in [0.4, 0.5) is 10.5 Å². The molecular formula is C18H20N4O4. The molecule has 1 aromatic carbocycles. The molecule has 0 fully saturated rings. The van der Waals surface area contributed by atoms with E-state index in [1.807, 2.05) is 0 Å². The molecule has 136 valence electrons. The van der Waals surface area contributed by atoms with Crippen LogP contribution in [0.1, 0.15) is 36.7 Å². The summed E-state index contributed by atoms with van der Waals surface area (Å²) in [5, 5.41) is 0. The number of anilines is 1. The van der Waals surface area contributed by atoms with Gasteiger partial charge in [-0.2, -0.15) is 4.98 Å². The van der Waals surface area contributed by atoms with Crippen molar-refractivity contribution in [3.63, 3.8) is 0 Å². The Kier molecular flexibility index (Phi) is 4.27. The van der Waals surface area contributed by atoms with Crippen molar-refractivity contribution in [3.8, 4) is 17.1 Å². The summed E-state index contributed by atoms with van der Waals surface area (Å²) < 4.78 is 10.4. The number of carbonyl (C=O) groups is 2. The van der Waals surface area contributed by atoms with Crippen molar-refractivity contribution in [2.45, 2.75) is 32.9 Å². The van der Waals surface area contributed by atoms with Gasteiger partial charge in [0, 0.05) is 11.1 Å². The van der Waals surface area contributed by atoms with E-state index in [0.29, 0.717) is 28.1 Å². The Morgan fingerprint density at radius 3 is 2.65 bits per heavy atom. The van der Waals surface area contributed by atoms with Crippen molar-refractivity contribution in [1.82, 2.24) is 14.9 Å². The maximum Gasteiger partial charge on any atom is 0.417 e. The number of fused-ring (bicyclic) bond motifs is 1. The molecular weight excluding hydrogens is 336 g/mol. The first-order valence-corrected chi connectivity index (χ1v) is 8.04. The van der Waals surface area contributed by atoms with Gasteiger partial charge in [0.15, 0.2) is 0 Å². The molecule has 8 heteroatoms. The van der Waals surface area contributed by atoms with Crippen LogP contribution in [0.5, 0.6) is 5.88 Å². The number of aromatic nitrogens is 2. The minimum atomic E-state index is -0.677. The zero-order valence-corrected chi connectivity index (χ0v) is 15.1. The van der Waals surface area contributed by atoms with Gasteiger partial charge in [0.2, 0.25) is 5.88 Å². The molecule has 0 bridgehead atoms. The van der Waals surface area contributed by atoms with Crippen molar-refractivity contribution in [1.29, 1.82) is 0 Å². The van der Waals surface area contributed by atoms with Crippen LogP contribution in [0.2, 0.25) is 0 Å². The maximum absolute atomic E-state index is 12.5. The number of nitrogens with two attached hydrogens (primary N) is 1. The van der Waals surface area contributed by atoms with Crippen LogP contribution in [0.15, 0.2) is 24.5 Å². The fourth-order valence-electron chi connectivity index (χ4n) is 2.70. The smallest absolute Gasteiger partial charge is 0.417 e. The molecule has 0 radical (unpaired) electrons. The lowest BCUT2D eigenvalue weighted by Crippen LogP contribution is -2.36. The molecule has 0 atom stereocenters. The molecule has 2 aromatic rings. The molecule has 2 N–H and O–H groups in total. The fourth-order valence-corrected chi connectivity index (χ4v) is 2.70. The Hall–Kier alpha value is -3.16. The second-order valence-electron chi connectivity index (χ2n) is 6.89. The summed E-state index contributed by atoms with van der Waals surface area (Å²) in [6.07, 6.45) is 0.694. The zero-order valence-electron chi connectivity index (χ0n) is 15.1. The normalized spacial score (nSPS) is 13.5. The summed E-state index contributed by atoms with van der Waals surface area (Å²) in [4.78, 5) is 34.0. The van der Waals surface area contributed by atoms with E-state index in [-0.39, 0.29) is 18.3 Å². The maximum atomic E-state index is 12.5. The van der Waals surface area contributed by atoms with E-state index >= 15 is 0 Å². The van der Waals surface area contributed by atoms with E-state index in [4.69, 9.17) is 15.2 Å². The Bertz CT molecular complexity index is 889. The first-order valence-electron chi connectivity index (χ1n) is 8.04. The molecule has 0 unspecified atom stereocenters. The molecule has 26 heavy (non-hydrogen) atoms. The van der Waals surface area contributed by atoms with Crippen molar-refractivity contribution < 1.29 is 19.1 Å². The first-order chi connectivity index (χ1) is 12.2. The molecule has 8 nitrogen and oxygen atoms in total. The third-order valence-electron chi connectivity index (χ3n) is 3.84. The molecule has 1 aliphatic rings. The van der Waals surface area contributed by atoms with Crippen LogP contribution in [-0.4, -0.2) is 39.6 Å². The molecule has 0 saturated heterocycles. The monoisotopic (exact) mass is 356 g/mol. The minimum absolute atomic E-state index is 0.138. The highest BCUT2D eigenvalue weighted by atomic mass is 16.6. The highest BCUT2D eigenvalue weighted by Gasteiger charge is 2.35. The summed E-state index contributed by atoms with van der Waals surface area (Å²) in [6, 6.07) is 5.18. The van der Waals surface area contributed by atoms with Gasteiger partial charge in [0.25, 0.3) is 5.91 Å². The average Bonchev–Trinajstić information content (AvgIpc) is 2.90. The summed E-state index contributed by atoms with van der Waals surface area (Å²) in [6.45, 7) is 5.39. The van der Waals surface area contributed by atoms with Crippen molar-refractivity contribution in [3.05, 3.63) is 35.7 Å². The molecule has 0 aliphatic carbocycles. The number of hydrogen-bond acceptors (Lipinski definition) is 7. The fraction of sp³-hybridized carbons (Fsp3) is 0.333. The van der Waals surface area contributed by atoms with Gasteiger partial charge < -0.3 is 15.2 Å². The van der Waals surface area contributed by atoms with Gasteiger partial charge >= 0.3 is 6.09 Å². The van der Waals surface area contributed by atoms with E-state index in [1.54, 1.807) is 39.0 Å². The number of benzene rings is 1. The number of nitrogens with zero attached hydrogens (tertiary/aromatic N) is 3. The van der Waals surface area contributed by atoms with E-state index in [2.05, 4.69) is 9.97 Å². The Balaban J connectivity index is 1.92. The summed E-state index contributed by atoms with van der Waals surface area (Å²) in [5.74, 6) is -0.101. The SMILES string of the molecule is COc1ncnc(-c2ccc3c(c2)CN(C(=O)OC(C)(C)C)C3=O)c1N. The van der Waals surface area contributed by atoms with Crippen LogP contribution in [-0.2, 0) is 11.3 Å². The number of rotatable bonds is 2. The lowest BCUT2D eigenvalue weighted by molar-refractivity contribution is 0.0248. The van der Waals surface area contributed by atoms with Gasteiger partial charge in [-0.15, -0.1) is 0 Å². The predicted molar refractivity (Wildman–Crippen MR) is 94.5 cm³/mol. The van der Waals surface area contributed by atoms with Crippen LogP contribution in [0.3, 0.4) is 0 Å². The third-order valence-corrected chi connectivity index (χ3v) is 3.84. The third kappa shape index (κ3) is 3.17. The van der Waals surface area contributed by atoms with Crippen molar-refractivity contribution in [2.75, 3.05) is 12.8 Å². The molecule has 1 aromatic heterocycles. The number of carbonyl (C=O) groups excluding carboxylic acids is 2. The zero-order chi connectivity index (χ0) is 19.1. The second-order valence-corrected chi connectivity index (χ2v) is 6.89. The van der Waals surface area contributed by atoms with Gasteiger partial charge in [-0.3, -0.25) is 4.79 Å². The van der Waals surface area contributed by atoms with Gasteiger partial charge in [-0.1, -0.05) is 6.07 Å². The van der Waals surface area contributed by atoms with E-state index in [9.17, 15) is 9.59 Å². The van der Waals surface area contributed by atoms with E-state index < -0.39 is 11.7 Å². The van der Waals surface area contributed by atoms with Crippen molar-refractivity contribution in [2.24, 2.45) is 0 Å². The highest BCUT2D eigenvalue weighted by Crippen LogP contribution is 2.33. The number of nitrogen functional groups attached to an aromatic ring is 1. The predicted octanol–water partition coefficient (Wildman–Crippen LogP) is 2.63. The number of imide groups is 1. The van der Waals surface area contributed by atoms with E-state index in [1.165, 1.54) is 13.4 Å². The quantitative estimate of drug-likeness (QED) is 0.881. The van der Waals surface area contributed by atoms with Crippen LogP contribution >= 0.6 is 0 Å². The topological polar surface area (TPSA) is 108 Å². The van der Waals surface area contributed by atoms with Gasteiger partial charge in [0.05, 0.1) is 13.7 Å². The lowest BCUT2D eigenvalue weighted by Gasteiger charge is -2.23. The number of amides is 2. The van der Waals surface area contributed by atoms with Gasteiger partial charge in [0.1, 0.15) is 23.3 Å². The Labute approximate surface area is 150 Å². The number of hydrogen-bond donors (Lipinski definition) is 1.